The standard InChI is InChI=1S/C16H24N4O2S/c1-2-3-12-23(21,22)20-10-8-19(9-11-20)13-16-17-14-6-4-5-7-15(14)18-16/h4-7H,2-3,8-13H2,1H3,(H,17,18). The first-order valence-corrected chi connectivity index (χ1v) is 9.83. The van der Waals surface area contributed by atoms with Gasteiger partial charge in [0.2, 0.25) is 10.0 Å². The van der Waals surface area contributed by atoms with Gasteiger partial charge in [0, 0.05) is 26.2 Å². The number of unbranched alkanes of at least 4 members (excludes halogenated alkanes) is 1. The van der Waals surface area contributed by atoms with Crippen LogP contribution in [0.5, 0.6) is 0 Å². The highest BCUT2D eigenvalue weighted by atomic mass is 32.2. The van der Waals surface area contributed by atoms with Crippen LogP contribution in [0.25, 0.3) is 11.0 Å². The molecule has 1 aliphatic rings. The van der Waals surface area contributed by atoms with Crippen LogP contribution in [0.4, 0.5) is 0 Å². The summed E-state index contributed by atoms with van der Waals surface area (Å²) in [7, 11) is -3.08. The van der Waals surface area contributed by atoms with Crippen molar-refractivity contribution in [2.24, 2.45) is 0 Å². The Balaban J connectivity index is 1.56. The van der Waals surface area contributed by atoms with Gasteiger partial charge in [0.1, 0.15) is 5.82 Å². The molecule has 1 aromatic carbocycles. The third kappa shape index (κ3) is 3.91. The van der Waals surface area contributed by atoms with E-state index in [0.717, 1.165) is 49.3 Å². The van der Waals surface area contributed by atoms with E-state index in [4.69, 9.17) is 0 Å². The van der Waals surface area contributed by atoms with Gasteiger partial charge in [0.05, 0.1) is 23.3 Å². The van der Waals surface area contributed by atoms with Crippen LogP contribution in [0, 0.1) is 0 Å². The number of hydrogen-bond acceptors (Lipinski definition) is 4. The van der Waals surface area contributed by atoms with Crippen molar-refractivity contribution in [3.8, 4) is 0 Å². The number of benzene rings is 1. The van der Waals surface area contributed by atoms with Crippen LogP contribution in [0.2, 0.25) is 0 Å². The molecule has 1 aliphatic heterocycles. The van der Waals surface area contributed by atoms with Crippen molar-refractivity contribution in [2.75, 3.05) is 31.9 Å². The van der Waals surface area contributed by atoms with Crippen molar-refractivity contribution in [3.05, 3.63) is 30.1 Å². The van der Waals surface area contributed by atoms with Crippen molar-refractivity contribution in [1.29, 1.82) is 0 Å². The van der Waals surface area contributed by atoms with Crippen molar-refractivity contribution in [3.63, 3.8) is 0 Å². The minimum absolute atomic E-state index is 0.271. The SMILES string of the molecule is CCCCS(=O)(=O)N1CCN(Cc2nc3ccccc3[nH]2)CC1. The van der Waals surface area contributed by atoms with Gasteiger partial charge in [-0.25, -0.2) is 13.4 Å². The van der Waals surface area contributed by atoms with Gasteiger partial charge in [0.25, 0.3) is 0 Å². The van der Waals surface area contributed by atoms with Crippen LogP contribution in [0.3, 0.4) is 0 Å². The lowest BCUT2D eigenvalue weighted by atomic mass is 10.3. The van der Waals surface area contributed by atoms with E-state index in [1.54, 1.807) is 4.31 Å². The monoisotopic (exact) mass is 336 g/mol. The number of aromatic amines is 1. The molecule has 3 rings (SSSR count). The van der Waals surface area contributed by atoms with Crippen LogP contribution in [0.15, 0.2) is 24.3 Å². The Hall–Kier alpha value is -1.44. The number of aromatic nitrogens is 2. The second kappa shape index (κ2) is 6.98. The molecular weight excluding hydrogens is 312 g/mol. The topological polar surface area (TPSA) is 69.3 Å². The molecule has 1 aromatic heterocycles. The quantitative estimate of drug-likeness (QED) is 0.873. The first kappa shape index (κ1) is 16.4. The predicted molar refractivity (Wildman–Crippen MR) is 91.6 cm³/mol. The van der Waals surface area contributed by atoms with E-state index >= 15 is 0 Å². The van der Waals surface area contributed by atoms with Gasteiger partial charge in [-0.1, -0.05) is 25.5 Å². The molecule has 1 saturated heterocycles. The molecule has 7 heteroatoms. The Bertz CT molecular complexity index is 715. The number of nitrogens with zero attached hydrogens (tertiary/aromatic N) is 3. The lowest BCUT2D eigenvalue weighted by Crippen LogP contribution is -2.48. The minimum Gasteiger partial charge on any atom is -0.341 e. The first-order chi connectivity index (χ1) is 11.1. The number of piperazine rings is 1. The number of nitrogens with one attached hydrogen (secondary N) is 1. The summed E-state index contributed by atoms with van der Waals surface area (Å²) in [6.07, 6.45) is 1.65. The van der Waals surface area contributed by atoms with E-state index in [9.17, 15) is 8.42 Å². The van der Waals surface area contributed by atoms with Gasteiger partial charge < -0.3 is 4.98 Å². The molecular formula is C16H24N4O2S. The third-order valence-corrected chi connectivity index (χ3v) is 6.25. The van der Waals surface area contributed by atoms with Crippen LogP contribution < -0.4 is 0 Å². The van der Waals surface area contributed by atoms with Gasteiger partial charge >= 0.3 is 0 Å². The molecule has 0 unspecified atom stereocenters. The summed E-state index contributed by atoms with van der Waals surface area (Å²) in [4.78, 5) is 10.2. The van der Waals surface area contributed by atoms with Gasteiger partial charge in [0.15, 0.2) is 0 Å². The minimum atomic E-state index is -3.08. The number of rotatable bonds is 6. The molecule has 126 valence electrons. The number of sulfonamides is 1. The Kier molecular flexibility index (Phi) is 4.99. The fourth-order valence-electron chi connectivity index (χ4n) is 2.91. The van der Waals surface area contributed by atoms with E-state index in [1.165, 1.54) is 0 Å². The van der Waals surface area contributed by atoms with E-state index < -0.39 is 10.0 Å². The van der Waals surface area contributed by atoms with Gasteiger partial charge in [-0.2, -0.15) is 4.31 Å². The lowest BCUT2D eigenvalue weighted by Gasteiger charge is -2.33. The zero-order valence-corrected chi connectivity index (χ0v) is 14.3. The Morgan fingerprint density at radius 1 is 1.17 bits per heavy atom. The number of imidazole rings is 1. The molecule has 0 saturated carbocycles. The van der Waals surface area contributed by atoms with Crippen molar-refractivity contribution < 1.29 is 8.42 Å². The molecule has 0 atom stereocenters. The predicted octanol–water partition coefficient (Wildman–Crippen LogP) is 1.81. The van der Waals surface area contributed by atoms with E-state index in [0.29, 0.717) is 13.1 Å². The molecule has 0 radical (unpaired) electrons. The van der Waals surface area contributed by atoms with Gasteiger partial charge in [-0.3, -0.25) is 4.90 Å². The Morgan fingerprint density at radius 3 is 2.61 bits per heavy atom. The molecule has 23 heavy (non-hydrogen) atoms. The molecule has 1 N–H and O–H groups in total. The van der Waals surface area contributed by atoms with E-state index in [-0.39, 0.29) is 5.75 Å². The van der Waals surface area contributed by atoms with Crippen LogP contribution in [0.1, 0.15) is 25.6 Å². The maximum absolute atomic E-state index is 12.2. The highest BCUT2D eigenvalue weighted by molar-refractivity contribution is 7.89. The molecule has 0 aliphatic carbocycles. The molecule has 2 heterocycles. The van der Waals surface area contributed by atoms with Crippen molar-refractivity contribution in [2.45, 2.75) is 26.3 Å². The number of hydrogen-bond donors (Lipinski definition) is 1. The highest BCUT2D eigenvalue weighted by Gasteiger charge is 2.26. The summed E-state index contributed by atoms with van der Waals surface area (Å²) in [6, 6.07) is 7.98. The number of para-hydroxylation sites is 2. The van der Waals surface area contributed by atoms with E-state index in [1.807, 2.05) is 31.2 Å². The fraction of sp³-hybridized carbons (Fsp3) is 0.562. The average Bonchev–Trinajstić information content (AvgIpc) is 2.95. The maximum atomic E-state index is 12.2. The lowest BCUT2D eigenvalue weighted by molar-refractivity contribution is 0.178. The third-order valence-electron chi connectivity index (χ3n) is 4.29. The smallest absolute Gasteiger partial charge is 0.214 e. The molecule has 0 amide bonds. The summed E-state index contributed by atoms with van der Waals surface area (Å²) >= 11 is 0. The molecule has 2 aromatic rings. The van der Waals surface area contributed by atoms with Crippen molar-refractivity contribution >= 4 is 21.1 Å². The van der Waals surface area contributed by atoms with Crippen LogP contribution in [-0.2, 0) is 16.6 Å². The normalized spacial score (nSPS) is 17.8. The second-order valence-electron chi connectivity index (χ2n) is 6.05. The maximum Gasteiger partial charge on any atom is 0.214 e. The zero-order valence-electron chi connectivity index (χ0n) is 13.5. The average molecular weight is 336 g/mol. The van der Waals surface area contributed by atoms with Crippen LogP contribution >= 0.6 is 0 Å². The summed E-state index contributed by atoms with van der Waals surface area (Å²) in [5, 5.41) is 0. The summed E-state index contributed by atoms with van der Waals surface area (Å²) in [5.74, 6) is 1.21. The molecule has 0 bridgehead atoms. The molecule has 1 fully saturated rings. The Morgan fingerprint density at radius 2 is 1.91 bits per heavy atom. The Labute approximate surface area is 137 Å². The van der Waals surface area contributed by atoms with Crippen LogP contribution in [-0.4, -0.2) is 59.5 Å². The largest absolute Gasteiger partial charge is 0.341 e. The fourth-order valence-corrected chi connectivity index (χ4v) is 4.55. The number of fused-ring (bicyclic) bond motifs is 1. The van der Waals surface area contributed by atoms with Crippen molar-refractivity contribution in [1.82, 2.24) is 19.2 Å². The molecule has 6 nitrogen and oxygen atoms in total. The first-order valence-electron chi connectivity index (χ1n) is 8.22. The molecule has 0 spiro atoms. The van der Waals surface area contributed by atoms with E-state index in [2.05, 4.69) is 14.9 Å². The summed E-state index contributed by atoms with van der Waals surface area (Å²) in [5.41, 5.74) is 2.02. The highest BCUT2D eigenvalue weighted by Crippen LogP contribution is 2.14. The second-order valence-corrected chi connectivity index (χ2v) is 8.13. The number of H-pyrrole nitrogens is 1. The van der Waals surface area contributed by atoms with Gasteiger partial charge in [-0.15, -0.1) is 0 Å². The summed E-state index contributed by atoms with van der Waals surface area (Å²) in [6.45, 7) is 5.40. The zero-order chi connectivity index (χ0) is 16.3. The van der Waals surface area contributed by atoms with Gasteiger partial charge in [-0.05, 0) is 18.6 Å². The summed E-state index contributed by atoms with van der Waals surface area (Å²) < 4.78 is 26.1.